The van der Waals surface area contributed by atoms with Crippen molar-refractivity contribution in [3.63, 3.8) is 0 Å². The summed E-state index contributed by atoms with van der Waals surface area (Å²) in [6.07, 6.45) is 0. The van der Waals surface area contributed by atoms with Crippen LogP contribution in [0.2, 0.25) is 0 Å². The van der Waals surface area contributed by atoms with Crippen LogP contribution >= 0.6 is 0 Å². The molecule has 1 N–H and O–H groups in total. The molecule has 1 fully saturated rings. The summed E-state index contributed by atoms with van der Waals surface area (Å²) in [5.74, 6) is -0.00317. The second-order valence-electron chi connectivity index (χ2n) is 8.45. The van der Waals surface area contributed by atoms with Crippen LogP contribution in [0, 0.1) is 13.8 Å². The lowest BCUT2D eigenvalue weighted by Crippen LogP contribution is -2.48. The lowest BCUT2D eigenvalue weighted by Gasteiger charge is -2.36. The molecule has 0 saturated carbocycles. The number of aryl methyl sites for hydroxylation is 2. The Morgan fingerprint density at radius 2 is 1.70 bits per heavy atom. The number of nitrogens with zero attached hydrogens (tertiary/aromatic N) is 3. The third-order valence-corrected chi connectivity index (χ3v) is 6.35. The van der Waals surface area contributed by atoms with Crippen molar-refractivity contribution < 1.29 is 19.4 Å². The van der Waals surface area contributed by atoms with Crippen LogP contribution in [-0.2, 0) is 9.59 Å². The van der Waals surface area contributed by atoms with Crippen molar-refractivity contribution in [1.29, 1.82) is 0 Å². The maximum absolute atomic E-state index is 13.7. The number of rotatable bonds is 7. The summed E-state index contributed by atoms with van der Waals surface area (Å²) in [6.45, 7) is 9.85. The van der Waals surface area contributed by atoms with Gasteiger partial charge in [0.1, 0.15) is 11.4 Å². The summed E-state index contributed by atoms with van der Waals surface area (Å²) in [5, 5.41) is 9.25. The van der Waals surface area contributed by atoms with Crippen LogP contribution in [-0.4, -0.2) is 72.7 Å². The second kappa shape index (κ2) is 9.77. The molecule has 2 amide bonds. The maximum Gasteiger partial charge on any atom is 0.282 e. The Balaban J connectivity index is 1.75. The van der Waals surface area contributed by atoms with Gasteiger partial charge in [-0.15, -0.1) is 0 Å². The van der Waals surface area contributed by atoms with E-state index in [0.717, 1.165) is 29.8 Å². The van der Waals surface area contributed by atoms with Crippen molar-refractivity contribution in [2.75, 3.05) is 50.8 Å². The highest BCUT2D eigenvalue weighted by molar-refractivity contribution is 6.45. The molecule has 2 heterocycles. The largest absolute Gasteiger partial charge is 0.494 e. The number of anilines is 1. The Labute approximate surface area is 194 Å². The summed E-state index contributed by atoms with van der Waals surface area (Å²) in [4.78, 5) is 32.9. The minimum atomic E-state index is -0.315. The van der Waals surface area contributed by atoms with E-state index in [1.807, 2.05) is 49.9 Å². The van der Waals surface area contributed by atoms with E-state index in [1.165, 1.54) is 4.90 Å². The summed E-state index contributed by atoms with van der Waals surface area (Å²) < 4.78 is 5.60. The van der Waals surface area contributed by atoms with Crippen molar-refractivity contribution >= 4 is 23.1 Å². The molecule has 0 spiro atoms. The molecule has 0 atom stereocenters. The van der Waals surface area contributed by atoms with Crippen molar-refractivity contribution in [1.82, 2.24) is 9.80 Å². The number of amides is 2. The van der Waals surface area contributed by atoms with Crippen molar-refractivity contribution in [2.24, 2.45) is 0 Å². The van der Waals surface area contributed by atoms with Gasteiger partial charge in [0, 0.05) is 38.8 Å². The van der Waals surface area contributed by atoms with Crippen LogP contribution in [0.5, 0.6) is 5.75 Å². The van der Waals surface area contributed by atoms with E-state index in [1.54, 1.807) is 18.2 Å². The van der Waals surface area contributed by atoms with Crippen LogP contribution in [0.1, 0.15) is 23.6 Å². The Hall–Kier alpha value is -3.16. The van der Waals surface area contributed by atoms with Crippen LogP contribution < -0.4 is 9.64 Å². The fourth-order valence-electron chi connectivity index (χ4n) is 4.42. The van der Waals surface area contributed by atoms with Gasteiger partial charge in [0.2, 0.25) is 0 Å². The van der Waals surface area contributed by atoms with Crippen molar-refractivity contribution in [3.8, 4) is 5.75 Å². The number of aliphatic hydroxyl groups excluding tert-OH is 1. The Morgan fingerprint density at radius 3 is 2.36 bits per heavy atom. The quantitative estimate of drug-likeness (QED) is 0.655. The van der Waals surface area contributed by atoms with E-state index in [-0.39, 0.29) is 18.4 Å². The highest BCUT2D eigenvalue weighted by Crippen LogP contribution is 2.36. The first-order valence-electron chi connectivity index (χ1n) is 11.5. The molecule has 4 rings (SSSR count). The minimum Gasteiger partial charge on any atom is -0.494 e. The van der Waals surface area contributed by atoms with Crippen LogP contribution in [0.15, 0.2) is 48.2 Å². The van der Waals surface area contributed by atoms with E-state index in [0.29, 0.717) is 48.9 Å². The number of piperazine rings is 1. The first-order chi connectivity index (χ1) is 15.9. The van der Waals surface area contributed by atoms with Gasteiger partial charge in [-0.2, -0.15) is 0 Å². The van der Waals surface area contributed by atoms with Gasteiger partial charge in [0.15, 0.2) is 0 Å². The predicted molar refractivity (Wildman–Crippen MR) is 128 cm³/mol. The number of carbonyl (C=O) groups excluding carboxylic acids is 2. The van der Waals surface area contributed by atoms with E-state index in [9.17, 15) is 14.7 Å². The normalized spacial score (nSPS) is 17.3. The van der Waals surface area contributed by atoms with Gasteiger partial charge in [0.05, 0.1) is 24.5 Å². The molecule has 0 unspecified atom stereocenters. The molecule has 7 nitrogen and oxygen atoms in total. The topological polar surface area (TPSA) is 73.3 Å². The molecule has 2 aliphatic heterocycles. The monoisotopic (exact) mass is 449 g/mol. The molecule has 0 bridgehead atoms. The fraction of sp³-hybridized carbons (Fsp3) is 0.385. The third kappa shape index (κ3) is 4.51. The van der Waals surface area contributed by atoms with E-state index >= 15 is 0 Å². The highest BCUT2D eigenvalue weighted by atomic mass is 16.5. The molecule has 1 saturated heterocycles. The summed E-state index contributed by atoms with van der Waals surface area (Å²) >= 11 is 0. The van der Waals surface area contributed by atoms with E-state index in [4.69, 9.17) is 4.74 Å². The maximum atomic E-state index is 13.7. The number of carbonyl (C=O) groups is 2. The van der Waals surface area contributed by atoms with Gasteiger partial charge in [-0.05, 0) is 49.6 Å². The zero-order valence-electron chi connectivity index (χ0n) is 19.5. The Morgan fingerprint density at radius 1 is 0.939 bits per heavy atom. The van der Waals surface area contributed by atoms with Gasteiger partial charge in [0.25, 0.3) is 11.8 Å². The first-order valence-corrected chi connectivity index (χ1v) is 11.5. The molecule has 2 aliphatic rings. The Kier molecular flexibility index (Phi) is 6.81. The molecule has 7 heteroatoms. The standard InChI is InChI=1S/C26H31N3O4/c1-4-33-22-7-5-6-21(17-22)29-25(31)23(20-9-8-18(2)19(3)16-20)24(26(29)32)28-12-10-27(11-13-28)14-15-30/h5-9,16-17,30H,4,10-15H2,1-3H3. The van der Waals surface area contributed by atoms with Gasteiger partial charge in [-0.25, -0.2) is 4.90 Å². The Bertz CT molecular complexity index is 1090. The zero-order chi connectivity index (χ0) is 23.5. The molecule has 33 heavy (non-hydrogen) atoms. The van der Waals surface area contributed by atoms with Crippen LogP contribution in [0.4, 0.5) is 5.69 Å². The van der Waals surface area contributed by atoms with Crippen LogP contribution in [0.3, 0.4) is 0 Å². The number of β-amino-alcohol motifs (C(OH)–C–C–N with tert-alkyl or cyclic N) is 1. The fourth-order valence-corrected chi connectivity index (χ4v) is 4.42. The molecule has 0 aromatic heterocycles. The van der Waals surface area contributed by atoms with Gasteiger partial charge in [-0.3, -0.25) is 14.5 Å². The molecule has 174 valence electrons. The number of benzene rings is 2. The summed E-state index contributed by atoms with van der Waals surface area (Å²) in [6, 6.07) is 13.0. The average Bonchev–Trinajstić information content (AvgIpc) is 3.07. The van der Waals surface area contributed by atoms with Gasteiger partial charge in [-0.1, -0.05) is 24.3 Å². The van der Waals surface area contributed by atoms with Gasteiger partial charge < -0.3 is 14.7 Å². The lowest BCUT2D eigenvalue weighted by atomic mass is 9.99. The average molecular weight is 450 g/mol. The smallest absolute Gasteiger partial charge is 0.282 e. The predicted octanol–water partition coefficient (Wildman–Crippen LogP) is 2.60. The number of ether oxygens (including phenoxy) is 1. The minimum absolute atomic E-state index is 0.109. The van der Waals surface area contributed by atoms with E-state index < -0.39 is 0 Å². The first kappa shape index (κ1) is 23.0. The molecular weight excluding hydrogens is 418 g/mol. The number of aliphatic hydroxyl groups is 1. The third-order valence-electron chi connectivity index (χ3n) is 6.35. The molecule has 0 aliphatic carbocycles. The molecule has 2 aromatic rings. The highest BCUT2D eigenvalue weighted by Gasteiger charge is 2.43. The summed E-state index contributed by atoms with van der Waals surface area (Å²) in [7, 11) is 0. The number of hydrogen-bond donors (Lipinski definition) is 1. The van der Waals surface area contributed by atoms with Crippen molar-refractivity contribution in [2.45, 2.75) is 20.8 Å². The van der Waals surface area contributed by atoms with E-state index in [2.05, 4.69) is 4.90 Å². The second-order valence-corrected chi connectivity index (χ2v) is 8.45. The molecule has 2 aromatic carbocycles. The summed E-state index contributed by atoms with van der Waals surface area (Å²) in [5.41, 5.74) is 4.37. The number of hydrogen-bond acceptors (Lipinski definition) is 6. The molecule has 0 radical (unpaired) electrons. The number of imide groups is 1. The SMILES string of the molecule is CCOc1cccc(N2C(=O)C(c3ccc(C)c(C)c3)=C(N3CCN(CCO)CC3)C2=O)c1. The molecular formula is C26H31N3O4. The zero-order valence-corrected chi connectivity index (χ0v) is 19.5. The van der Waals surface area contributed by atoms with Crippen LogP contribution in [0.25, 0.3) is 5.57 Å². The van der Waals surface area contributed by atoms with Crippen molar-refractivity contribution in [3.05, 3.63) is 64.9 Å². The van der Waals surface area contributed by atoms with Gasteiger partial charge >= 0.3 is 0 Å². The lowest BCUT2D eigenvalue weighted by molar-refractivity contribution is -0.120.